The minimum absolute atomic E-state index is 0.0735. The van der Waals surface area contributed by atoms with Crippen LogP contribution >= 0.6 is 0 Å². The number of hydrogen-bond acceptors (Lipinski definition) is 3. The maximum absolute atomic E-state index is 13.4. The second-order valence-electron chi connectivity index (χ2n) is 5.55. The Hall–Kier alpha value is -1.49. The van der Waals surface area contributed by atoms with Crippen LogP contribution in [0.5, 0.6) is 0 Å². The molecule has 1 aliphatic rings. The summed E-state index contributed by atoms with van der Waals surface area (Å²) in [5, 5.41) is 2.77. The van der Waals surface area contributed by atoms with Crippen LogP contribution in [-0.2, 0) is 11.3 Å². The number of carbonyl (C=O) groups is 1. The Kier molecular flexibility index (Phi) is 4.70. The van der Waals surface area contributed by atoms with Gasteiger partial charge in [-0.15, -0.1) is 0 Å². The minimum atomic E-state index is -0.386. The maximum atomic E-state index is 13.4. The van der Waals surface area contributed by atoms with Crippen LogP contribution in [0.3, 0.4) is 0 Å². The Balaban J connectivity index is 1.93. The summed E-state index contributed by atoms with van der Waals surface area (Å²) >= 11 is 0. The molecule has 0 bridgehead atoms. The Morgan fingerprint density at radius 2 is 2.15 bits per heavy atom. The van der Waals surface area contributed by atoms with Crippen LogP contribution in [0.2, 0.25) is 0 Å². The standard InChI is InChI=1S/C15H22FN3O/c1-10-6-7-11(2)19(10)12(3)15(20)18-9-14-13(16)5-4-8-17-14/h4-5,8,10-12H,6-7,9H2,1-3H3,(H,18,20). The van der Waals surface area contributed by atoms with Crippen molar-refractivity contribution in [3.8, 4) is 0 Å². The fourth-order valence-electron chi connectivity index (χ4n) is 2.98. The molecule has 5 heteroatoms. The van der Waals surface area contributed by atoms with Crippen molar-refractivity contribution in [1.82, 2.24) is 15.2 Å². The molecule has 2 rings (SSSR count). The van der Waals surface area contributed by atoms with Gasteiger partial charge < -0.3 is 5.32 Å². The third-order valence-electron chi connectivity index (χ3n) is 4.11. The molecule has 0 radical (unpaired) electrons. The van der Waals surface area contributed by atoms with Crippen LogP contribution in [0.1, 0.15) is 39.3 Å². The monoisotopic (exact) mass is 279 g/mol. The van der Waals surface area contributed by atoms with Crippen LogP contribution in [-0.4, -0.2) is 33.9 Å². The van der Waals surface area contributed by atoms with Crippen molar-refractivity contribution in [2.45, 2.75) is 58.3 Å². The zero-order valence-electron chi connectivity index (χ0n) is 12.3. The number of pyridine rings is 1. The molecular formula is C15H22FN3O. The van der Waals surface area contributed by atoms with Gasteiger partial charge in [-0.2, -0.15) is 0 Å². The average molecular weight is 279 g/mol. The van der Waals surface area contributed by atoms with Gasteiger partial charge in [0, 0.05) is 18.3 Å². The first kappa shape index (κ1) is 14.9. The third-order valence-corrected chi connectivity index (χ3v) is 4.11. The predicted octanol–water partition coefficient (Wildman–Crippen LogP) is 2.10. The number of likely N-dealkylation sites (tertiary alicyclic amines) is 1. The Morgan fingerprint density at radius 3 is 2.75 bits per heavy atom. The lowest BCUT2D eigenvalue weighted by atomic mass is 10.2. The van der Waals surface area contributed by atoms with E-state index in [1.165, 1.54) is 18.3 Å². The molecule has 1 N–H and O–H groups in total. The molecule has 2 heterocycles. The minimum Gasteiger partial charge on any atom is -0.349 e. The molecule has 20 heavy (non-hydrogen) atoms. The van der Waals surface area contributed by atoms with Gasteiger partial charge in [0.1, 0.15) is 5.82 Å². The summed E-state index contributed by atoms with van der Waals surface area (Å²) in [4.78, 5) is 18.4. The van der Waals surface area contributed by atoms with Gasteiger partial charge in [0.05, 0.1) is 18.3 Å². The molecule has 0 aromatic carbocycles. The first-order chi connectivity index (χ1) is 9.50. The number of halogens is 1. The van der Waals surface area contributed by atoms with Crippen molar-refractivity contribution in [3.63, 3.8) is 0 Å². The molecule has 0 aliphatic carbocycles. The first-order valence-corrected chi connectivity index (χ1v) is 7.15. The zero-order valence-corrected chi connectivity index (χ0v) is 12.3. The fourth-order valence-corrected chi connectivity index (χ4v) is 2.98. The molecule has 1 saturated heterocycles. The number of nitrogens with one attached hydrogen (secondary N) is 1. The average Bonchev–Trinajstić information content (AvgIpc) is 2.76. The molecule has 0 saturated carbocycles. The van der Waals surface area contributed by atoms with Crippen molar-refractivity contribution in [3.05, 3.63) is 29.8 Å². The van der Waals surface area contributed by atoms with E-state index in [4.69, 9.17) is 0 Å². The normalized spacial score (nSPS) is 24.6. The lowest BCUT2D eigenvalue weighted by Gasteiger charge is -2.31. The van der Waals surface area contributed by atoms with Gasteiger partial charge in [0.15, 0.2) is 0 Å². The number of carbonyl (C=O) groups excluding carboxylic acids is 1. The zero-order chi connectivity index (χ0) is 14.7. The molecule has 3 unspecified atom stereocenters. The smallest absolute Gasteiger partial charge is 0.237 e. The van der Waals surface area contributed by atoms with Gasteiger partial charge in [-0.25, -0.2) is 4.39 Å². The van der Waals surface area contributed by atoms with Crippen molar-refractivity contribution >= 4 is 5.91 Å². The van der Waals surface area contributed by atoms with E-state index in [9.17, 15) is 9.18 Å². The molecule has 4 nitrogen and oxygen atoms in total. The number of rotatable bonds is 4. The fraction of sp³-hybridized carbons (Fsp3) is 0.600. The Morgan fingerprint density at radius 1 is 1.50 bits per heavy atom. The third kappa shape index (κ3) is 3.15. The number of nitrogens with zero attached hydrogens (tertiary/aromatic N) is 2. The van der Waals surface area contributed by atoms with E-state index in [2.05, 4.69) is 29.0 Å². The summed E-state index contributed by atoms with van der Waals surface area (Å²) in [6.07, 6.45) is 3.76. The summed E-state index contributed by atoms with van der Waals surface area (Å²) in [7, 11) is 0. The van der Waals surface area contributed by atoms with Crippen molar-refractivity contribution in [2.75, 3.05) is 0 Å². The van der Waals surface area contributed by atoms with E-state index in [0.717, 1.165) is 12.8 Å². The van der Waals surface area contributed by atoms with Crippen LogP contribution < -0.4 is 5.32 Å². The molecule has 1 amide bonds. The van der Waals surface area contributed by atoms with Gasteiger partial charge in [-0.1, -0.05) is 0 Å². The summed E-state index contributed by atoms with van der Waals surface area (Å²) < 4.78 is 13.4. The molecular weight excluding hydrogens is 257 g/mol. The highest BCUT2D eigenvalue weighted by Gasteiger charge is 2.34. The SMILES string of the molecule is CC1CCC(C)N1C(C)C(=O)NCc1ncccc1F. The van der Waals surface area contributed by atoms with Gasteiger partial charge in [-0.3, -0.25) is 14.7 Å². The largest absolute Gasteiger partial charge is 0.349 e. The maximum Gasteiger partial charge on any atom is 0.237 e. The molecule has 0 spiro atoms. The van der Waals surface area contributed by atoms with E-state index in [1.807, 2.05) is 6.92 Å². The van der Waals surface area contributed by atoms with Crippen LogP contribution in [0.15, 0.2) is 18.3 Å². The van der Waals surface area contributed by atoms with Gasteiger partial charge >= 0.3 is 0 Å². The van der Waals surface area contributed by atoms with E-state index in [1.54, 1.807) is 0 Å². The van der Waals surface area contributed by atoms with Gasteiger partial charge in [0.2, 0.25) is 5.91 Å². The number of amides is 1. The van der Waals surface area contributed by atoms with Crippen molar-refractivity contribution in [1.29, 1.82) is 0 Å². The molecule has 3 atom stereocenters. The second kappa shape index (κ2) is 6.31. The second-order valence-corrected chi connectivity index (χ2v) is 5.55. The highest BCUT2D eigenvalue weighted by molar-refractivity contribution is 5.81. The van der Waals surface area contributed by atoms with Crippen LogP contribution in [0.4, 0.5) is 4.39 Å². The summed E-state index contributed by atoms with van der Waals surface area (Å²) in [5.74, 6) is -0.459. The van der Waals surface area contributed by atoms with Gasteiger partial charge in [0.25, 0.3) is 0 Å². The number of aromatic nitrogens is 1. The highest BCUT2D eigenvalue weighted by atomic mass is 19.1. The van der Waals surface area contributed by atoms with Crippen LogP contribution in [0, 0.1) is 5.82 Å². The quantitative estimate of drug-likeness (QED) is 0.918. The molecule has 1 fully saturated rings. The van der Waals surface area contributed by atoms with E-state index < -0.39 is 0 Å². The first-order valence-electron chi connectivity index (χ1n) is 7.15. The summed E-state index contributed by atoms with van der Waals surface area (Å²) in [6, 6.07) is 3.52. The Bertz CT molecular complexity index is 470. The Labute approximate surface area is 119 Å². The topological polar surface area (TPSA) is 45.2 Å². The van der Waals surface area contributed by atoms with E-state index in [0.29, 0.717) is 12.1 Å². The lowest BCUT2D eigenvalue weighted by molar-refractivity contribution is -0.127. The summed E-state index contributed by atoms with van der Waals surface area (Å²) in [5.41, 5.74) is 0.274. The van der Waals surface area contributed by atoms with Crippen molar-refractivity contribution < 1.29 is 9.18 Å². The molecule has 1 aromatic rings. The van der Waals surface area contributed by atoms with E-state index >= 15 is 0 Å². The molecule has 110 valence electrons. The highest BCUT2D eigenvalue weighted by Crippen LogP contribution is 2.25. The van der Waals surface area contributed by atoms with Gasteiger partial charge in [-0.05, 0) is 45.7 Å². The predicted molar refractivity (Wildman–Crippen MR) is 75.5 cm³/mol. The molecule has 1 aliphatic heterocycles. The lowest BCUT2D eigenvalue weighted by Crippen LogP contribution is -2.49. The summed E-state index contributed by atoms with van der Waals surface area (Å²) in [6.45, 7) is 6.33. The molecule has 1 aromatic heterocycles. The van der Waals surface area contributed by atoms with Crippen LogP contribution in [0.25, 0.3) is 0 Å². The van der Waals surface area contributed by atoms with E-state index in [-0.39, 0.29) is 30.0 Å². The number of hydrogen-bond donors (Lipinski definition) is 1. The van der Waals surface area contributed by atoms with Crippen molar-refractivity contribution in [2.24, 2.45) is 0 Å².